The Morgan fingerprint density at radius 3 is 1.80 bits per heavy atom. The largest absolute Gasteiger partial charge is 0.494 e. The van der Waals surface area contributed by atoms with E-state index in [2.05, 4.69) is 54.6 Å². The van der Waals surface area contributed by atoms with Crippen LogP contribution in [0, 0.1) is 5.82 Å². The lowest BCUT2D eigenvalue weighted by atomic mass is 10.0. The molecule has 10 nitrogen and oxygen atoms in total. The number of likely N-dealkylation sites (tertiary alicyclic amines) is 1. The van der Waals surface area contributed by atoms with Gasteiger partial charge in [0, 0.05) is 68.1 Å². The molecular formula is C33H49FN8O2. The Morgan fingerprint density at radius 1 is 0.773 bits per heavy atom. The SMILES string of the molecule is CCOc1cc(CN2CCC(Nc3ncc(CC)cn3)CC2)c(F)c(OCC)c1.CCc1cnc(NC2CCNCC2)nc1. The fourth-order valence-corrected chi connectivity index (χ4v) is 5.28. The Labute approximate surface area is 261 Å². The number of hydrogen-bond acceptors (Lipinski definition) is 10. The topological polar surface area (TPSA) is 109 Å². The van der Waals surface area contributed by atoms with Gasteiger partial charge in [-0.25, -0.2) is 24.3 Å². The second kappa shape index (κ2) is 17.7. The fraction of sp³-hybridized carbons (Fsp3) is 0.576. The molecule has 240 valence electrons. The first-order valence-corrected chi connectivity index (χ1v) is 16.2. The Bertz CT molecular complexity index is 1250. The van der Waals surface area contributed by atoms with E-state index in [1.807, 2.05) is 38.6 Å². The van der Waals surface area contributed by atoms with E-state index in [0.29, 0.717) is 49.1 Å². The summed E-state index contributed by atoms with van der Waals surface area (Å²) in [5.41, 5.74) is 2.93. The molecule has 44 heavy (non-hydrogen) atoms. The van der Waals surface area contributed by atoms with Gasteiger partial charge in [0.2, 0.25) is 11.9 Å². The van der Waals surface area contributed by atoms with Crippen molar-refractivity contribution in [1.82, 2.24) is 30.2 Å². The van der Waals surface area contributed by atoms with E-state index in [1.165, 1.54) is 5.56 Å². The summed E-state index contributed by atoms with van der Waals surface area (Å²) in [4.78, 5) is 19.6. The summed E-state index contributed by atoms with van der Waals surface area (Å²) < 4.78 is 25.9. The van der Waals surface area contributed by atoms with E-state index in [9.17, 15) is 4.39 Å². The number of piperidine rings is 2. The minimum absolute atomic E-state index is 0.262. The van der Waals surface area contributed by atoms with Crippen molar-refractivity contribution in [3.8, 4) is 11.5 Å². The maximum absolute atomic E-state index is 14.8. The smallest absolute Gasteiger partial charge is 0.222 e. The summed E-state index contributed by atoms with van der Waals surface area (Å²) >= 11 is 0. The first-order valence-electron chi connectivity index (χ1n) is 16.2. The summed E-state index contributed by atoms with van der Waals surface area (Å²) in [7, 11) is 0. The molecule has 0 spiro atoms. The van der Waals surface area contributed by atoms with E-state index < -0.39 is 0 Å². The van der Waals surface area contributed by atoms with Crippen molar-refractivity contribution >= 4 is 11.9 Å². The number of halogens is 1. The van der Waals surface area contributed by atoms with E-state index in [1.54, 1.807) is 12.1 Å². The Kier molecular flexibility index (Phi) is 13.4. The molecule has 5 rings (SSSR count). The van der Waals surface area contributed by atoms with Gasteiger partial charge >= 0.3 is 0 Å². The van der Waals surface area contributed by atoms with Gasteiger partial charge in [-0.1, -0.05) is 13.8 Å². The molecule has 0 unspecified atom stereocenters. The molecule has 2 saturated heterocycles. The molecule has 11 heteroatoms. The number of nitrogens with one attached hydrogen (secondary N) is 3. The van der Waals surface area contributed by atoms with Crippen molar-refractivity contribution in [2.45, 2.75) is 84.8 Å². The zero-order valence-electron chi connectivity index (χ0n) is 26.7. The van der Waals surface area contributed by atoms with Crippen molar-refractivity contribution < 1.29 is 13.9 Å². The molecule has 3 N–H and O–H groups in total. The van der Waals surface area contributed by atoms with Crippen LogP contribution in [0.2, 0.25) is 0 Å². The molecule has 0 radical (unpaired) electrons. The number of nitrogens with zero attached hydrogens (tertiary/aromatic N) is 5. The molecule has 4 heterocycles. The van der Waals surface area contributed by atoms with Gasteiger partial charge in [0.25, 0.3) is 0 Å². The average molecular weight is 609 g/mol. The van der Waals surface area contributed by atoms with E-state index in [4.69, 9.17) is 9.47 Å². The van der Waals surface area contributed by atoms with Crippen LogP contribution in [-0.4, -0.2) is 76.3 Å². The third-order valence-electron chi connectivity index (χ3n) is 7.91. The molecule has 2 aliphatic heterocycles. The second-order valence-electron chi connectivity index (χ2n) is 11.2. The molecule has 3 aromatic rings. The minimum Gasteiger partial charge on any atom is -0.494 e. The van der Waals surface area contributed by atoms with Crippen LogP contribution in [0.5, 0.6) is 11.5 Å². The highest BCUT2D eigenvalue weighted by atomic mass is 19.1. The molecule has 0 bridgehead atoms. The van der Waals surface area contributed by atoms with Crippen molar-refractivity contribution in [3.05, 3.63) is 59.4 Å². The van der Waals surface area contributed by atoms with Crippen LogP contribution in [-0.2, 0) is 19.4 Å². The van der Waals surface area contributed by atoms with Gasteiger partial charge in [-0.05, 0) is 82.7 Å². The predicted molar refractivity (Wildman–Crippen MR) is 173 cm³/mol. The molecule has 0 saturated carbocycles. The number of aromatic nitrogens is 4. The van der Waals surface area contributed by atoms with Gasteiger partial charge in [-0.15, -0.1) is 0 Å². The maximum Gasteiger partial charge on any atom is 0.222 e. The lowest BCUT2D eigenvalue weighted by Crippen LogP contribution is -2.39. The van der Waals surface area contributed by atoms with E-state index >= 15 is 0 Å². The van der Waals surface area contributed by atoms with Crippen molar-refractivity contribution in [1.29, 1.82) is 0 Å². The average Bonchev–Trinajstić information content (AvgIpc) is 3.06. The molecule has 0 aliphatic carbocycles. The lowest BCUT2D eigenvalue weighted by molar-refractivity contribution is 0.207. The zero-order valence-corrected chi connectivity index (χ0v) is 26.7. The first-order chi connectivity index (χ1) is 21.5. The van der Waals surface area contributed by atoms with Gasteiger partial charge in [0.1, 0.15) is 5.75 Å². The minimum atomic E-state index is -0.292. The first kappa shape index (κ1) is 33.3. The number of benzene rings is 1. The summed E-state index contributed by atoms with van der Waals surface area (Å²) in [6, 6.07) is 4.27. The molecule has 0 atom stereocenters. The third kappa shape index (κ3) is 10.3. The molecule has 0 amide bonds. The molecule has 1 aromatic carbocycles. The zero-order chi connectivity index (χ0) is 31.1. The fourth-order valence-electron chi connectivity index (χ4n) is 5.28. The maximum atomic E-state index is 14.8. The normalized spacial score (nSPS) is 16.1. The van der Waals surface area contributed by atoms with Crippen molar-refractivity contribution in [2.24, 2.45) is 0 Å². The van der Waals surface area contributed by atoms with Gasteiger partial charge in [0.05, 0.1) is 13.2 Å². The molecule has 2 fully saturated rings. The quantitative estimate of drug-likeness (QED) is 0.252. The second-order valence-corrected chi connectivity index (χ2v) is 11.2. The van der Waals surface area contributed by atoms with Gasteiger partial charge in [0.15, 0.2) is 11.6 Å². The summed E-state index contributed by atoms with van der Waals surface area (Å²) in [5.74, 6) is 2.06. The van der Waals surface area contributed by atoms with Crippen LogP contribution in [0.1, 0.15) is 70.1 Å². The van der Waals surface area contributed by atoms with Crippen LogP contribution >= 0.6 is 0 Å². The van der Waals surface area contributed by atoms with E-state index in [-0.39, 0.29) is 11.6 Å². The van der Waals surface area contributed by atoms with Gasteiger partial charge in [-0.3, -0.25) is 4.90 Å². The Balaban J connectivity index is 0.000000246. The highest BCUT2D eigenvalue weighted by molar-refractivity contribution is 5.40. The van der Waals surface area contributed by atoms with Crippen LogP contribution < -0.4 is 25.4 Å². The number of hydrogen-bond donors (Lipinski definition) is 3. The van der Waals surface area contributed by atoms with Crippen LogP contribution in [0.3, 0.4) is 0 Å². The van der Waals surface area contributed by atoms with E-state index in [0.717, 1.165) is 76.2 Å². The standard InChI is InChI=1S/C22H31FN4O2.C11H18N4/c1-4-16-13-24-22(25-14-16)26-18-7-9-27(10-8-18)15-17-11-19(28-5-2)12-20(21(17)23)29-6-3;1-2-9-7-13-11(14-8-9)15-10-3-5-12-6-4-10/h11-14,18H,4-10,15H2,1-3H3,(H,24,25,26);7-8,10,12H,2-6H2,1H3,(H,13,14,15). The lowest BCUT2D eigenvalue weighted by Gasteiger charge is -2.32. The molecule has 2 aliphatic rings. The summed E-state index contributed by atoms with van der Waals surface area (Å²) in [5, 5.41) is 10.1. The Morgan fingerprint density at radius 2 is 1.30 bits per heavy atom. The number of anilines is 2. The monoisotopic (exact) mass is 608 g/mol. The number of ether oxygens (including phenoxy) is 2. The van der Waals surface area contributed by atoms with Crippen LogP contribution in [0.4, 0.5) is 16.3 Å². The molecular weight excluding hydrogens is 559 g/mol. The highest BCUT2D eigenvalue weighted by Crippen LogP contribution is 2.29. The third-order valence-corrected chi connectivity index (χ3v) is 7.91. The number of aryl methyl sites for hydroxylation is 2. The van der Waals surface area contributed by atoms with Crippen molar-refractivity contribution in [3.63, 3.8) is 0 Å². The van der Waals surface area contributed by atoms with Gasteiger partial charge < -0.3 is 25.4 Å². The predicted octanol–water partition coefficient (Wildman–Crippen LogP) is 5.25. The summed E-state index contributed by atoms with van der Waals surface area (Å²) in [6.07, 6.45) is 13.7. The highest BCUT2D eigenvalue weighted by Gasteiger charge is 2.22. The number of rotatable bonds is 12. The Hall–Kier alpha value is -3.57. The van der Waals surface area contributed by atoms with Gasteiger partial charge in [-0.2, -0.15) is 0 Å². The summed E-state index contributed by atoms with van der Waals surface area (Å²) in [6.45, 7) is 13.4. The van der Waals surface area contributed by atoms with Crippen LogP contribution in [0.15, 0.2) is 36.9 Å². The van der Waals surface area contributed by atoms with Crippen LogP contribution in [0.25, 0.3) is 0 Å². The molecule has 2 aromatic heterocycles. The van der Waals surface area contributed by atoms with Crippen molar-refractivity contribution in [2.75, 3.05) is 50.0 Å².